The number of rotatable bonds is 4. The van der Waals surface area contributed by atoms with Crippen molar-refractivity contribution in [3.8, 4) is 11.8 Å². The van der Waals surface area contributed by atoms with E-state index in [1.54, 1.807) is 24.3 Å². The van der Waals surface area contributed by atoms with Crippen LogP contribution in [0.4, 0.5) is 13.2 Å². The minimum Gasteiger partial charge on any atom is -0.207 e. The summed E-state index contributed by atoms with van der Waals surface area (Å²) in [4.78, 5) is 0. The Balaban J connectivity index is 1.44. The van der Waals surface area contributed by atoms with Gasteiger partial charge >= 0.3 is 0 Å². The smallest absolute Gasteiger partial charge is 0.159 e. The highest BCUT2D eigenvalue weighted by molar-refractivity contribution is 5.84. The summed E-state index contributed by atoms with van der Waals surface area (Å²) in [6.45, 7) is 2.01. The van der Waals surface area contributed by atoms with Gasteiger partial charge in [-0.2, -0.15) is 0 Å². The molecule has 0 aliphatic carbocycles. The number of aryl methyl sites for hydroxylation is 3. The van der Waals surface area contributed by atoms with Crippen LogP contribution in [-0.4, -0.2) is 0 Å². The first-order valence-corrected chi connectivity index (χ1v) is 10.3. The first-order chi connectivity index (χ1) is 15.0. The zero-order valence-corrected chi connectivity index (χ0v) is 17.2. The molecular weight excluding hydrogens is 393 g/mol. The molecule has 0 N–H and O–H groups in total. The molecule has 0 aromatic heterocycles. The third kappa shape index (κ3) is 4.98. The summed E-state index contributed by atoms with van der Waals surface area (Å²) in [6.07, 6.45) is 2.23. The Morgan fingerprint density at radius 1 is 0.581 bits per heavy atom. The monoisotopic (exact) mass is 414 g/mol. The number of hydrogen-bond donors (Lipinski definition) is 0. The molecule has 0 spiro atoms. The summed E-state index contributed by atoms with van der Waals surface area (Å²) in [5.74, 6) is 4.30. The molecule has 0 aliphatic heterocycles. The summed E-state index contributed by atoms with van der Waals surface area (Å²) in [7, 11) is 0. The van der Waals surface area contributed by atoms with Crippen LogP contribution in [-0.2, 0) is 19.3 Å². The highest BCUT2D eigenvalue weighted by Crippen LogP contribution is 2.20. The van der Waals surface area contributed by atoms with Crippen LogP contribution in [0.1, 0.15) is 34.7 Å². The van der Waals surface area contributed by atoms with E-state index in [2.05, 4.69) is 11.8 Å². The molecule has 0 fully saturated rings. The molecule has 0 radical (unpaired) electrons. The molecule has 31 heavy (non-hydrogen) atoms. The summed E-state index contributed by atoms with van der Waals surface area (Å²) in [6, 6.07) is 21.0. The van der Waals surface area contributed by atoms with Crippen molar-refractivity contribution >= 4 is 10.8 Å². The molecule has 0 nitrogen and oxygen atoms in total. The fourth-order valence-corrected chi connectivity index (χ4v) is 3.51. The maximum Gasteiger partial charge on any atom is 0.159 e. The third-order valence-corrected chi connectivity index (χ3v) is 5.39. The Morgan fingerprint density at radius 3 is 1.94 bits per heavy atom. The maximum atomic E-state index is 14.1. The molecule has 4 rings (SSSR count). The van der Waals surface area contributed by atoms with Gasteiger partial charge < -0.3 is 0 Å². The van der Waals surface area contributed by atoms with E-state index in [-0.39, 0.29) is 5.82 Å². The standard InChI is InChI=1S/C28H21F3/c1-2-19-9-12-23(26(29)16-19)13-10-21-5-3-20(4-6-21)7-8-22-11-14-24-17-27(30)28(31)18-25(24)15-22/h3-6,9,11-12,14-18H,2,10,13H2,1H3. The Kier molecular flexibility index (Phi) is 6.09. The van der Waals surface area contributed by atoms with Gasteiger partial charge in [0.05, 0.1) is 0 Å². The highest BCUT2D eigenvalue weighted by Gasteiger charge is 2.05. The topological polar surface area (TPSA) is 0 Å². The van der Waals surface area contributed by atoms with Crippen molar-refractivity contribution in [3.05, 3.63) is 118 Å². The predicted molar refractivity (Wildman–Crippen MR) is 119 cm³/mol. The summed E-state index contributed by atoms with van der Waals surface area (Å²) >= 11 is 0. The normalized spacial score (nSPS) is 10.7. The van der Waals surface area contributed by atoms with Gasteiger partial charge in [0.1, 0.15) is 5.82 Å². The van der Waals surface area contributed by atoms with Crippen molar-refractivity contribution in [1.29, 1.82) is 0 Å². The molecule has 154 valence electrons. The van der Waals surface area contributed by atoms with Gasteiger partial charge in [-0.15, -0.1) is 0 Å². The van der Waals surface area contributed by atoms with Crippen molar-refractivity contribution in [2.24, 2.45) is 0 Å². The molecule has 0 unspecified atom stereocenters. The summed E-state index contributed by atoms with van der Waals surface area (Å²) in [5.41, 5.74) is 4.44. The lowest BCUT2D eigenvalue weighted by Crippen LogP contribution is -1.96. The molecule has 3 heteroatoms. The molecule has 0 saturated heterocycles. The van der Waals surface area contributed by atoms with E-state index in [1.807, 2.05) is 43.3 Å². The zero-order valence-electron chi connectivity index (χ0n) is 17.2. The number of benzene rings is 4. The lowest BCUT2D eigenvalue weighted by Gasteiger charge is -2.06. The van der Waals surface area contributed by atoms with Crippen LogP contribution in [0.2, 0.25) is 0 Å². The van der Waals surface area contributed by atoms with Crippen molar-refractivity contribution in [1.82, 2.24) is 0 Å². The largest absolute Gasteiger partial charge is 0.207 e. The summed E-state index contributed by atoms with van der Waals surface area (Å²) in [5, 5.41) is 1.25. The Morgan fingerprint density at radius 2 is 1.23 bits per heavy atom. The van der Waals surface area contributed by atoms with Gasteiger partial charge in [0, 0.05) is 11.1 Å². The van der Waals surface area contributed by atoms with Crippen LogP contribution >= 0.6 is 0 Å². The van der Waals surface area contributed by atoms with E-state index >= 15 is 0 Å². The van der Waals surface area contributed by atoms with Gasteiger partial charge in [-0.3, -0.25) is 0 Å². The van der Waals surface area contributed by atoms with E-state index in [9.17, 15) is 13.2 Å². The molecule has 0 saturated carbocycles. The van der Waals surface area contributed by atoms with Gasteiger partial charge in [0.15, 0.2) is 11.6 Å². The van der Waals surface area contributed by atoms with Crippen molar-refractivity contribution in [2.45, 2.75) is 26.2 Å². The van der Waals surface area contributed by atoms with E-state index in [0.29, 0.717) is 17.2 Å². The molecule has 4 aromatic carbocycles. The van der Waals surface area contributed by atoms with Crippen LogP contribution in [0, 0.1) is 29.3 Å². The second kappa shape index (κ2) is 9.10. The van der Waals surface area contributed by atoms with Gasteiger partial charge in [-0.1, -0.05) is 49.1 Å². The third-order valence-electron chi connectivity index (χ3n) is 5.39. The van der Waals surface area contributed by atoms with Crippen LogP contribution < -0.4 is 0 Å². The number of fused-ring (bicyclic) bond motifs is 1. The van der Waals surface area contributed by atoms with Crippen LogP contribution in [0.3, 0.4) is 0 Å². The van der Waals surface area contributed by atoms with E-state index in [4.69, 9.17) is 0 Å². The second-order valence-electron chi connectivity index (χ2n) is 7.55. The van der Waals surface area contributed by atoms with Crippen molar-refractivity contribution < 1.29 is 13.2 Å². The first-order valence-electron chi connectivity index (χ1n) is 10.3. The van der Waals surface area contributed by atoms with Gasteiger partial charge in [0.25, 0.3) is 0 Å². The van der Waals surface area contributed by atoms with Crippen LogP contribution in [0.15, 0.2) is 72.8 Å². The fraction of sp³-hybridized carbons (Fsp3) is 0.143. The van der Waals surface area contributed by atoms with E-state index < -0.39 is 11.6 Å². The number of hydrogen-bond acceptors (Lipinski definition) is 0. The Labute approximate surface area is 180 Å². The van der Waals surface area contributed by atoms with Gasteiger partial charge in [-0.05, 0) is 89.2 Å². The van der Waals surface area contributed by atoms with Crippen LogP contribution in [0.25, 0.3) is 10.8 Å². The minimum absolute atomic E-state index is 0.139. The quantitative estimate of drug-likeness (QED) is 0.315. The predicted octanol–water partition coefficient (Wildman–Crippen LogP) is 7.00. The molecule has 0 atom stereocenters. The average Bonchev–Trinajstić information content (AvgIpc) is 2.78. The van der Waals surface area contributed by atoms with E-state index in [0.717, 1.165) is 40.7 Å². The minimum atomic E-state index is -0.866. The SMILES string of the molecule is CCc1ccc(CCc2ccc(C#Cc3ccc4cc(F)c(F)cc4c3)cc2)c(F)c1. The van der Waals surface area contributed by atoms with Crippen molar-refractivity contribution in [3.63, 3.8) is 0 Å². The van der Waals surface area contributed by atoms with Gasteiger partial charge in [0.2, 0.25) is 0 Å². The van der Waals surface area contributed by atoms with Crippen LogP contribution in [0.5, 0.6) is 0 Å². The fourth-order valence-electron chi connectivity index (χ4n) is 3.51. The Hall–Kier alpha value is -3.51. The zero-order chi connectivity index (χ0) is 21.8. The molecule has 0 aliphatic rings. The summed E-state index contributed by atoms with van der Waals surface area (Å²) < 4.78 is 40.9. The first kappa shape index (κ1) is 20.8. The van der Waals surface area contributed by atoms with E-state index in [1.165, 1.54) is 12.1 Å². The lowest BCUT2D eigenvalue weighted by atomic mass is 10.0. The Bertz CT molecular complexity index is 1290. The highest BCUT2D eigenvalue weighted by atomic mass is 19.2. The van der Waals surface area contributed by atoms with Gasteiger partial charge in [-0.25, -0.2) is 13.2 Å². The molecule has 0 heterocycles. The van der Waals surface area contributed by atoms with Crippen molar-refractivity contribution in [2.75, 3.05) is 0 Å². The maximum absolute atomic E-state index is 14.1. The average molecular weight is 414 g/mol. The molecular formula is C28H21F3. The lowest BCUT2D eigenvalue weighted by molar-refractivity contribution is 0.511. The number of halogens is 3. The molecule has 0 amide bonds. The molecule has 4 aromatic rings. The second-order valence-corrected chi connectivity index (χ2v) is 7.55. The molecule has 0 bridgehead atoms.